The first-order valence-electron chi connectivity index (χ1n) is 7.73. The number of halogens is 1. The van der Waals surface area contributed by atoms with Crippen LogP contribution in [0, 0.1) is 5.92 Å². The summed E-state index contributed by atoms with van der Waals surface area (Å²) in [5.74, 6) is 1.70. The van der Waals surface area contributed by atoms with Crippen molar-refractivity contribution in [1.82, 2.24) is 19.7 Å². The summed E-state index contributed by atoms with van der Waals surface area (Å²) in [4.78, 5) is 11.5. The fourth-order valence-electron chi connectivity index (χ4n) is 3.33. The van der Waals surface area contributed by atoms with Gasteiger partial charge in [0.2, 0.25) is 0 Å². The minimum absolute atomic E-state index is 0.564. The van der Waals surface area contributed by atoms with E-state index in [4.69, 9.17) is 0 Å². The highest BCUT2D eigenvalue weighted by molar-refractivity contribution is 9.10. The lowest BCUT2D eigenvalue weighted by Crippen LogP contribution is -2.44. The number of piperidine rings is 1. The third-order valence-corrected chi connectivity index (χ3v) is 5.24. The van der Waals surface area contributed by atoms with Crippen molar-refractivity contribution < 1.29 is 0 Å². The lowest BCUT2D eigenvalue weighted by Gasteiger charge is -2.40. The molecule has 114 valence electrons. The maximum Gasteiger partial charge on any atom is 0.164 e. The Hall–Kier alpha value is -1.17. The highest BCUT2D eigenvalue weighted by Crippen LogP contribution is 2.35. The van der Waals surface area contributed by atoms with E-state index >= 15 is 0 Å². The van der Waals surface area contributed by atoms with Crippen molar-refractivity contribution in [2.24, 2.45) is 13.0 Å². The Morgan fingerprint density at radius 3 is 2.95 bits per heavy atom. The molecule has 2 aromatic rings. The quantitative estimate of drug-likeness (QED) is 0.848. The third-order valence-electron chi connectivity index (χ3n) is 4.68. The normalized spacial score (nSPS) is 21.0. The van der Waals surface area contributed by atoms with Crippen molar-refractivity contribution >= 4 is 32.8 Å². The molecule has 1 fully saturated rings. The molecule has 0 spiro atoms. The summed E-state index contributed by atoms with van der Waals surface area (Å²) in [5.41, 5.74) is 0.889. The Kier molecular flexibility index (Phi) is 4.15. The second-order valence-electron chi connectivity index (χ2n) is 5.95. The molecule has 1 saturated heterocycles. The van der Waals surface area contributed by atoms with E-state index in [0.717, 1.165) is 28.0 Å². The molecule has 2 atom stereocenters. The number of aryl methyl sites for hydroxylation is 1. The number of anilines is 1. The van der Waals surface area contributed by atoms with Crippen molar-refractivity contribution in [3.63, 3.8) is 0 Å². The second-order valence-corrected chi connectivity index (χ2v) is 6.70. The molecule has 0 saturated carbocycles. The van der Waals surface area contributed by atoms with Gasteiger partial charge in [0.15, 0.2) is 5.65 Å². The fourth-order valence-corrected chi connectivity index (χ4v) is 3.92. The monoisotopic (exact) mass is 351 g/mol. The zero-order valence-corrected chi connectivity index (χ0v) is 14.5. The van der Waals surface area contributed by atoms with E-state index < -0.39 is 0 Å². The molecule has 6 heteroatoms. The van der Waals surface area contributed by atoms with E-state index in [1.807, 2.05) is 11.7 Å². The van der Waals surface area contributed by atoms with Crippen LogP contribution in [0.15, 0.2) is 10.9 Å². The molecule has 0 aliphatic carbocycles. The first-order chi connectivity index (χ1) is 10.1. The van der Waals surface area contributed by atoms with Crippen LogP contribution in [0.25, 0.3) is 11.0 Å². The van der Waals surface area contributed by atoms with Crippen LogP contribution in [0.2, 0.25) is 0 Å². The van der Waals surface area contributed by atoms with Crippen molar-refractivity contribution in [3.05, 3.63) is 10.9 Å². The van der Waals surface area contributed by atoms with Crippen molar-refractivity contribution in [2.75, 3.05) is 11.4 Å². The number of hydrogen-bond donors (Lipinski definition) is 0. The van der Waals surface area contributed by atoms with Gasteiger partial charge in [0.1, 0.15) is 16.7 Å². The highest BCUT2D eigenvalue weighted by atomic mass is 79.9. The Balaban J connectivity index is 2.09. The van der Waals surface area contributed by atoms with E-state index in [0.29, 0.717) is 12.0 Å². The van der Waals surface area contributed by atoms with Crippen LogP contribution < -0.4 is 4.90 Å². The van der Waals surface area contributed by atoms with E-state index in [-0.39, 0.29) is 0 Å². The van der Waals surface area contributed by atoms with Gasteiger partial charge in [-0.15, -0.1) is 0 Å². The summed E-state index contributed by atoms with van der Waals surface area (Å²) in [7, 11) is 1.92. The Morgan fingerprint density at radius 1 is 1.38 bits per heavy atom. The number of aromatic nitrogens is 4. The predicted molar refractivity (Wildman–Crippen MR) is 88.4 cm³/mol. The Labute approximate surface area is 133 Å². The average molecular weight is 352 g/mol. The van der Waals surface area contributed by atoms with Crippen LogP contribution in [0.5, 0.6) is 0 Å². The second kappa shape index (κ2) is 5.91. The minimum atomic E-state index is 0.564. The fraction of sp³-hybridized carbons (Fsp3) is 0.667. The van der Waals surface area contributed by atoms with Gasteiger partial charge in [0.05, 0.1) is 5.39 Å². The molecule has 0 aromatic carbocycles. The molecule has 3 heterocycles. The van der Waals surface area contributed by atoms with E-state index in [1.165, 1.54) is 25.7 Å². The van der Waals surface area contributed by atoms with Crippen LogP contribution in [0.4, 0.5) is 5.82 Å². The molecular weight excluding hydrogens is 330 g/mol. The first kappa shape index (κ1) is 14.8. The Morgan fingerprint density at radius 2 is 2.19 bits per heavy atom. The highest BCUT2D eigenvalue weighted by Gasteiger charge is 2.29. The maximum absolute atomic E-state index is 4.60. The summed E-state index contributed by atoms with van der Waals surface area (Å²) in [6.45, 7) is 5.69. The molecule has 0 amide bonds. The minimum Gasteiger partial charge on any atom is -0.353 e. The topological polar surface area (TPSA) is 46.8 Å². The number of nitrogens with zero attached hydrogens (tertiary/aromatic N) is 5. The molecule has 0 bridgehead atoms. The molecule has 0 N–H and O–H groups in total. The number of hydrogen-bond acceptors (Lipinski definition) is 4. The molecule has 1 aliphatic heterocycles. The standard InChI is InChI=1S/C15H22BrN5/c1-4-10(2)11-7-5-6-8-21(11)15-12-13(16)19-20(3)14(12)17-9-18-15/h9-11H,4-8H2,1-3H3/t10-,11+/m0/s1. The molecule has 5 nitrogen and oxygen atoms in total. The van der Waals surface area contributed by atoms with Gasteiger partial charge in [-0.2, -0.15) is 5.10 Å². The number of rotatable bonds is 3. The summed E-state index contributed by atoms with van der Waals surface area (Å²) in [6.07, 6.45) is 6.65. The van der Waals surface area contributed by atoms with Crippen LogP contribution in [-0.2, 0) is 7.05 Å². The van der Waals surface area contributed by atoms with Crippen LogP contribution >= 0.6 is 15.9 Å². The van der Waals surface area contributed by atoms with E-state index in [1.54, 1.807) is 6.33 Å². The summed E-state index contributed by atoms with van der Waals surface area (Å²) >= 11 is 3.57. The van der Waals surface area contributed by atoms with Crippen molar-refractivity contribution in [3.8, 4) is 0 Å². The third kappa shape index (κ3) is 2.54. The van der Waals surface area contributed by atoms with Crippen molar-refractivity contribution in [2.45, 2.75) is 45.6 Å². The summed E-state index contributed by atoms with van der Waals surface area (Å²) in [6, 6.07) is 0.564. The van der Waals surface area contributed by atoms with Crippen molar-refractivity contribution in [1.29, 1.82) is 0 Å². The summed E-state index contributed by atoms with van der Waals surface area (Å²) < 4.78 is 2.65. The molecular formula is C15H22BrN5. The van der Waals surface area contributed by atoms with Gasteiger partial charge < -0.3 is 4.90 Å². The molecule has 3 rings (SSSR count). The molecule has 1 aliphatic rings. The van der Waals surface area contributed by atoms with Gasteiger partial charge in [0.25, 0.3) is 0 Å². The smallest absolute Gasteiger partial charge is 0.164 e. The zero-order chi connectivity index (χ0) is 15.0. The number of fused-ring (bicyclic) bond motifs is 1. The van der Waals surface area contributed by atoms with Crippen LogP contribution in [0.1, 0.15) is 39.5 Å². The van der Waals surface area contributed by atoms with Crippen LogP contribution in [0.3, 0.4) is 0 Å². The molecule has 0 unspecified atom stereocenters. The van der Waals surface area contributed by atoms with Gasteiger partial charge >= 0.3 is 0 Å². The predicted octanol–water partition coefficient (Wildman–Crippen LogP) is 3.53. The average Bonchev–Trinajstić information content (AvgIpc) is 2.81. The molecule has 2 aromatic heterocycles. The lowest BCUT2D eigenvalue weighted by atomic mass is 9.89. The van der Waals surface area contributed by atoms with Gasteiger partial charge in [-0.3, -0.25) is 0 Å². The Bertz CT molecular complexity index is 638. The molecule has 0 radical (unpaired) electrons. The molecule has 21 heavy (non-hydrogen) atoms. The van der Waals surface area contributed by atoms with Gasteiger partial charge in [-0.1, -0.05) is 20.3 Å². The van der Waals surface area contributed by atoms with Crippen LogP contribution in [-0.4, -0.2) is 32.3 Å². The largest absolute Gasteiger partial charge is 0.353 e. The van der Waals surface area contributed by atoms with Gasteiger partial charge in [0, 0.05) is 19.6 Å². The van der Waals surface area contributed by atoms with Gasteiger partial charge in [-0.25, -0.2) is 14.6 Å². The SMILES string of the molecule is CC[C@H](C)[C@H]1CCCCN1c1ncnc2c1c(Br)nn2C. The zero-order valence-electron chi connectivity index (χ0n) is 12.9. The first-order valence-corrected chi connectivity index (χ1v) is 8.52. The van der Waals surface area contributed by atoms with Gasteiger partial charge in [-0.05, 0) is 41.1 Å². The summed E-state index contributed by atoms with van der Waals surface area (Å²) in [5, 5.41) is 5.48. The van der Waals surface area contributed by atoms with E-state index in [2.05, 4.69) is 49.7 Å². The maximum atomic E-state index is 4.60. The lowest BCUT2D eigenvalue weighted by molar-refractivity contribution is 0.347. The van der Waals surface area contributed by atoms with E-state index in [9.17, 15) is 0 Å².